The molecule has 1 aromatic heterocycles. The molecule has 90 valence electrons. The highest BCUT2D eigenvalue weighted by atomic mass is 16.5. The van der Waals surface area contributed by atoms with Crippen LogP contribution in [0.15, 0.2) is 27.5 Å². The first-order chi connectivity index (χ1) is 7.99. The third-order valence-corrected chi connectivity index (χ3v) is 2.52. The lowest BCUT2D eigenvalue weighted by Crippen LogP contribution is -2.00. The number of rotatable bonds is 3. The molecule has 0 amide bonds. The van der Waals surface area contributed by atoms with E-state index in [1.807, 2.05) is 13.8 Å². The molecular formula is C12H13NO4. The van der Waals surface area contributed by atoms with Gasteiger partial charge in [0.15, 0.2) is 0 Å². The van der Waals surface area contributed by atoms with Gasteiger partial charge < -0.3 is 9.63 Å². The maximum Gasteiger partial charge on any atom is 0.365 e. The third kappa shape index (κ3) is 2.08. The van der Waals surface area contributed by atoms with E-state index in [9.17, 15) is 9.59 Å². The van der Waals surface area contributed by atoms with Crippen LogP contribution in [0.25, 0.3) is 10.9 Å². The maximum atomic E-state index is 11.6. The van der Waals surface area contributed by atoms with Crippen molar-refractivity contribution in [2.45, 2.75) is 26.3 Å². The Morgan fingerprint density at radius 2 is 2.18 bits per heavy atom. The standard InChI is InChI=1S/C12H13NO4/c1-7(2)13-10-4-3-8(6-11(14)15)5-9(10)12(16)17-13/h3-5,7H,6H2,1-2H3,(H,14,15). The van der Waals surface area contributed by atoms with E-state index < -0.39 is 11.6 Å². The zero-order chi connectivity index (χ0) is 12.6. The van der Waals surface area contributed by atoms with Crippen LogP contribution in [-0.4, -0.2) is 15.8 Å². The number of nitrogens with zero attached hydrogens (tertiary/aromatic N) is 1. The Morgan fingerprint density at radius 3 is 2.76 bits per heavy atom. The summed E-state index contributed by atoms with van der Waals surface area (Å²) in [5, 5.41) is 9.12. The second-order valence-corrected chi connectivity index (χ2v) is 4.22. The largest absolute Gasteiger partial charge is 0.481 e. The van der Waals surface area contributed by atoms with Crippen molar-refractivity contribution in [3.8, 4) is 0 Å². The summed E-state index contributed by atoms with van der Waals surface area (Å²) in [7, 11) is 0. The zero-order valence-electron chi connectivity index (χ0n) is 9.64. The molecule has 1 heterocycles. The highest BCUT2D eigenvalue weighted by Gasteiger charge is 2.12. The molecule has 0 radical (unpaired) electrons. The number of fused-ring (bicyclic) bond motifs is 1. The van der Waals surface area contributed by atoms with E-state index in [-0.39, 0.29) is 12.5 Å². The summed E-state index contributed by atoms with van der Waals surface area (Å²) in [6, 6.07) is 5.04. The molecule has 5 heteroatoms. The second kappa shape index (κ2) is 4.08. The average molecular weight is 235 g/mol. The maximum absolute atomic E-state index is 11.6. The number of aromatic nitrogens is 1. The van der Waals surface area contributed by atoms with E-state index in [2.05, 4.69) is 0 Å². The van der Waals surface area contributed by atoms with Crippen molar-refractivity contribution in [2.24, 2.45) is 0 Å². The molecule has 17 heavy (non-hydrogen) atoms. The van der Waals surface area contributed by atoms with Crippen molar-refractivity contribution in [2.75, 3.05) is 0 Å². The highest BCUT2D eigenvalue weighted by Crippen LogP contribution is 2.18. The number of carboxylic acid groups (broad SMARTS) is 1. The van der Waals surface area contributed by atoms with E-state index in [0.29, 0.717) is 16.5 Å². The van der Waals surface area contributed by atoms with Gasteiger partial charge in [-0.25, -0.2) is 9.53 Å². The lowest BCUT2D eigenvalue weighted by atomic mass is 10.1. The third-order valence-electron chi connectivity index (χ3n) is 2.52. The van der Waals surface area contributed by atoms with Crippen molar-refractivity contribution in [3.05, 3.63) is 34.2 Å². The predicted molar refractivity (Wildman–Crippen MR) is 62.2 cm³/mol. The molecule has 2 aromatic rings. The van der Waals surface area contributed by atoms with Crippen LogP contribution in [0.5, 0.6) is 0 Å². The highest BCUT2D eigenvalue weighted by molar-refractivity contribution is 5.80. The number of carboxylic acids is 1. The van der Waals surface area contributed by atoms with Gasteiger partial charge in [0.05, 0.1) is 23.4 Å². The van der Waals surface area contributed by atoms with E-state index in [1.54, 1.807) is 18.2 Å². The van der Waals surface area contributed by atoms with Crippen LogP contribution in [0.2, 0.25) is 0 Å². The minimum atomic E-state index is -0.919. The summed E-state index contributed by atoms with van der Waals surface area (Å²) < 4.78 is 6.63. The fourth-order valence-electron chi connectivity index (χ4n) is 1.79. The molecule has 0 spiro atoms. The molecule has 1 N–H and O–H groups in total. The number of aliphatic carboxylic acids is 1. The van der Waals surface area contributed by atoms with Gasteiger partial charge in [0.2, 0.25) is 0 Å². The zero-order valence-corrected chi connectivity index (χ0v) is 9.64. The summed E-state index contributed by atoms with van der Waals surface area (Å²) >= 11 is 0. The van der Waals surface area contributed by atoms with Gasteiger partial charge >= 0.3 is 11.6 Å². The van der Waals surface area contributed by atoms with Crippen LogP contribution in [0.3, 0.4) is 0 Å². The summed E-state index contributed by atoms with van der Waals surface area (Å²) in [4.78, 5) is 22.2. The van der Waals surface area contributed by atoms with E-state index in [1.165, 1.54) is 4.74 Å². The number of benzene rings is 1. The molecule has 5 nitrogen and oxygen atoms in total. The predicted octanol–water partition coefficient (Wildman–Crippen LogP) is 1.80. The van der Waals surface area contributed by atoms with Crippen LogP contribution in [0.4, 0.5) is 0 Å². The summed E-state index contributed by atoms with van der Waals surface area (Å²) in [6.07, 6.45) is -0.0950. The van der Waals surface area contributed by atoms with Crippen molar-refractivity contribution < 1.29 is 14.4 Å². The van der Waals surface area contributed by atoms with Gasteiger partial charge in [0.1, 0.15) is 0 Å². The molecule has 1 aromatic carbocycles. The molecule has 0 atom stereocenters. The lowest BCUT2D eigenvalue weighted by Gasteiger charge is -2.05. The minimum Gasteiger partial charge on any atom is -0.481 e. The van der Waals surface area contributed by atoms with Crippen molar-refractivity contribution in [1.82, 2.24) is 4.74 Å². The Balaban J connectivity index is 2.59. The molecule has 0 fully saturated rings. The molecule has 0 aliphatic rings. The van der Waals surface area contributed by atoms with Gasteiger partial charge in [-0.3, -0.25) is 4.79 Å². The van der Waals surface area contributed by atoms with Gasteiger partial charge in [-0.05, 0) is 31.5 Å². The lowest BCUT2D eigenvalue weighted by molar-refractivity contribution is -0.136. The molecule has 0 aliphatic carbocycles. The van der Waals surface area contributed by atoms with Crippen LogP contribution in [-0.2, 0) is 11.2 Å². The Labute approximate surface area is 97.2 Å². The first-order valence-electron chi connectivity index (χ1n) is 5.35. The monoisotopic (exact) mass is 235 g/mol. The van der Waals surface area contributed by atoms with E-state index >= 15 is 0 Å². The number of hydrogen-bond acceptors (Lipinski definition) is 3. The van der Waals surface area contributed by atoms with E-state index in [4.69, 9.17) is 9.63 Å². The quantitative estimate of drug-likeness (QED) is 0.880. The fourth-order valence-corrected chi connectivity index (χ4v) is 1.79. The van der Waals surface area contributed by atoms with Gasteiger partial charge in [-0.2, -0.15) is 0 Å². The van der Waals surface area contributed by atoms with Crippen LogP contribution < -0.4 is 5.63 Å². The second-order valence-electron chi connectivity index (χ2n) is 4.22. The molecule has 0 bridgehead atoms. The fraction of sp³-hybridized carbons (Fsp3) is 0.333. The molecule has 0 unspecified atom stereocenters. The Kier molecular flexibility index (Phi) is 2.75. The summed E-state index contributed by atoms with van der Waals surface area (Å²) in [5.74, 6) is -0.919. The van der Waals surface area contributed by atoms with E-state index in [0.717, 1.165) is 0 Å². The molecule has 0 saturated heterocycles. The average Bonchev–Trinajstić information content (AvgIpc) is 2.55. The number of carbonyl (C=O) groups is 1. The van der Waals surface area contributed by atoms with Crippen molar-refractivity contribution >= 4 is 16.9 Å². The first kappa shape index (κ1) is 11.4. The minimum absolute atomic E-state index is 0.0468. The van der Waals surface area contributed by atoms with Gasteiger partial charge in [0, 0.05) is 0 Å². The molecule has 2 rings (SSSR count). The smallest absolute Gasteiger partial charge is 0.365 e. The van der Waals surface area contributed by atoms with Crippen LogP contribution in [0, 0.1) is 0 Å². The first-order valence-corrected chi connectivity index (χ1v) is 5.35. The number of hydrogen-bond donors (Lipinski definition) is 1. The molecule has 0 saturated carbocycles. The Bertz CT molecular complexity index is 621. The van der Waals surface area contributed by atoms with Gasteiger partial charge in [0.25, 0.3) is 0 Å². The topological polar surface area (TPSA) is 72.4 Å². The van der Waals surface area contributed by atoms with Crippen LogP contribution >= 0.6 is 0 Å². The summed E-state index contributed by atoms with van der Waals surface area (Å²) in [5.41, 5.74) is 0.860. The van der Waals surface area contributed by atoms with Crippen molar-refractivity contribution in [3.63, 3.8) is 0 Å². The Hall–Kier alpha value is -2.04. The molecular weight excluding hydrogens is 222 g/mol. The van der Waals surface area contributed by atoms with Crippen molar-refractivity contribution in [1.29, 1.82) is 0 Å². The van der Waals surface area contributed by atoms with Crippen LogP contribution in [0.1, 0.15) is 25.5 Å². The summed E-state index contributed by atoms with van der Waals surface area (Å²) in [6.45, 7) is 3.82. The normalized spacial score (nSPS) is 11.2. The van der Waals surface area contributed by atoms with Gasteiger partial charge in [-0.1, -0.05) is 6.07 Å². The Morgan fingerprint density at radius 1 is 1.47 bits per heavy atom. The SMILES string of the molecule is CC(C)n1oc(=O)c2cc(CC(=O)O)ccc21. The van der Waals surface area contributed by atoms with Gasteiger partial charge in [-0.15, -0.1) is 0 Å². The molecule has 0 aliphatic heterocycles.